The van der Waals surface area contributed by atoms with Crippen LogP contribution < -0.4 is 14.2 Å². The molecular weight excluding hydrogens is 721 g/mol. The first-order valence-corrected chi connectivity index (χ1v) is 18.0. The van der Waals surface area contributed by atoms with Crippen LogP contribution in [0.1, 0.15) is 47.8 Å². The van der Waals surface area contributed by atoms with Crippen LogP contribution in [0.2, 0.25) is 0 Å². The number of hydrogen-bond acceptors (Lipinski definition) is 6. The van der Waals surface area contributed by atoms with Crippen LogP contribution in [0.4, 0.5) is 0 Å². The highest BCUT2D eigenvalue weighted by molar-refractivity contribution is 5.96. The second kappa shape index (κ2) is 17.2. The maximum Gasteiger partial charge on any atom is 0.339 e. The first kappa shape index (κ1) is 37.7. The van der Waals surface area contributed by atoms with E-state index in [9.17, 15) is 29.7 Å². The number of ether oxygens (including phenoxy) is 3. The van der Waals surface area contributed by atoms with Crippen LogP contribution in [-0.2, 0) is 19.8 Å². The average molecular weight is 757 g/mol. The summed E-state index contributed by atoms with van der Waals surface area (Å²) in [7, 11) is 0. The van der Waals surface area contributed by atoms with Crippen molar-refractivity contribution in [2.45, 2.75) is 19.8 Å². The molecule has 0 atom stereocenters. The van der Waals surface area contributed by atoms with Crippen LogP contribution >= 0.6 is 0 Å². The van der Waals surface area contributed by atoms with Gasteiger partial charge in [-0.2, -0.15) is 0 Å². The van der Waals surface area contributed by atoms with E-state index in [4.69, 9.17) is 14.2 Å². The summed E-state index contributed by atoms with van der Waals surface area (Å²) in [5, 5.41) is 30.7. The van der Waals surface area contributed by atoms with Gasteiger partial charge in [-0.05, 0) is 105 Å². The summed E-state index contributed by atoms with van der Waals surface area (Å²) in [4.78, 5) is 37.6. The Morgan fingerprint density at radius 3 is 0.842 bits per heavy atom. The van der Waals surface area contributed by atoms with Crippen LogP contribution in [-0.4, -0.2) is 33.2 Å². The van der Waals surface area contributed by atoms with E-state index in [1.807, 2.05) is 109 Å². The molecule has 0 aliphatic carbocycles. The van der Waals surface area contributed by atoms with Crippen LogP contribution in [0, 0.1) is 0 Å². The predicted octanol–water partition coefficient (Wildman–Crippen LogP) is 10.5. The number of carbonyl (C=O) groups is 3. The molecule has 9 heteroatoms. The lowest BCUT2D eigenvalue weighted by atomic mass is 9.91. The molecule has 0 unspecified atom stereocenters. The number of benzene rings is 7. The fraction of sp³-hybridized carbons (Fsp3) is 0.0625. The molecule has 0 saturated carbocycles. The van der Waals surface area contributed by atoms with Gasteiger partial charge in [-0.15, -0.1) is 0 Å². The molecule has 0 aliphatic heterocycles. The number of hydrogen-bond donors (Lipinski definition) is 3. The van der Waals surface area contributed by atoms with E-state index in [1.54, 1.807) is 36.4 Å². The van der Waals surface area contributed by atoms with Gasteiger partial charge in [0.05, 0.1) is 0 Å². The van der Waals surface area contributed by atoms with E-state index >= 15 is 0 Å². The Bertz CT molecular complexity index is 2250. The van der Waals surface area contributed by atoms with Gasteiger partial charge in [0.2, 0.25) is 0 Å². The van der Waals surface area contributed by atoms with E-state index in [1.165, 1.54) is 18.2 Å². The molecule has 3 N–H and O–H groups in total. The van der Waals surface area contributed by atoms with Gasteiger partial charge in [0, 0.05) is 0 Å². The van der Waals surface area contributed by atoms with Crippen molar-refractivity contribution in [3.63, 3.8) is 0 Å². The Kier molecular flexibility index (Phi) is 11.4. The summed E-state index contributed by atoms with van der Waals surface area (Å²) in [6.07, 6.45) is 0. The van der Waals surface area contributed by atoms with Gasteiger partial charge in [0.1, 0.15) is 53.8 Å². The molecule has 0 fully saturated rings. The fourth-order valence-electron chi connectivity index (χ4n) is 6.34. The Balaban J connectivity index is 1.30. The molecule has 0 amide bonds. The molecule has 0 bridgehead atoms. The molecular formula is C48H36O9. The van der Waals surface area contributed by atoms with Gasteiger partial charge in [-0.1, -0.05) is 109 Å². The highest BCUT2D eigenvalue weighted by Gasteiger charge is 2.19. The van der Waals surface area contributed by atoms with Gasteiger partial charge < -0.3 is 29.5 Å². The zero-order valence-electron chi connectivity index (χ0n) is 30.5. The maximum atomic E-state index is 12.5. The average Bonchev–Trinajstić information content (AvgIpc) is 3.24. The smallest absolute Gasteiger partial charge is 0.339 e. The lowest BCUT2D eigenvalue weighted by molar-refractivity contribution is 0.0680. The molecule has 0 aliphatic rings. The zero-order chi connectivity index (χ0) is 39.7. The Morgan fingerprint density at radius 2 is 0.596 bits per heavy atom. The normalized spacial score (nSPS) is 10.7. The first-order valence-electron chi connectivity index (χ1n) is 18.0. The SMILES string of the molecule is O=C(O)c1cc(-c2cc(-c3ccc(OCc4ccccc4)c(C(=O)O)c3)cc(-c3ccc(OCc4ccccc4)c(C(=O)O)c3)c2)ccc1OCc1ccccc1. The van der Waals surface area contributed by atoms with Crippen molar-refractivity contribution >= 4 is 17.9 Å². The van der Waals surface area contributed by atoms with Crippen LogP contribution in [0.15, 0.2) is 164 Å². The molecule has 0 spiro atoms. The second-order valence-corrected chi connectivity index (χ2v) is 13.2. The molecule has 0 heterocycles. The lowest BCUT2D eigenvalue weighted by Crippen LogP contribution is -2.04. The minimum Gasteiger partial charge on any atom is -0.488 e. The van der Waals surface area contributed by atoms with E-state index < -0.39 is 17.9 Å². The first-order chi connectivity index (χ1) is 27.7. The molecule has 0 aromatic heterocycles. The van der Waals surface area contributed by atoms with Crippen LogP contribution in [0.5, 0.6) is 17.2 Å². The third-order valence-corrected chi connectivity index (χ3v) is 9.27. The molecule has 9 nitrogen and oxygen atoms in total. The molecule has 7 aromatic carbocycles. The summed E-state index contributed by atoms with van der Waals surface area (Å²) in [6, 6.07) is 48.4. The highest BCUT2D eigenvalue weighted by Crippen LogP contribution is 2.37. The number of rotatable bonds is 15. The Hall–Kier alpha value is -7.65. The quantitative estimate of drug-likeness (QED) is 0.0932. The molecule has 7 rings (SSSR count). The molecule has 57 heavy (non-hydrogen) atoms. The monoisotopic (exact) mass is 756 g/mol. The summed E-state index contributed by atoms with van der Waals surface area (Å²) in [5.74, 6) is -2.94. The Labute approximate surface area is 328 Å². The van der Waals surface area contributed by atoms with Crippen molar-refractivity contribution in [3.05, 3.63) is 197 Å². The van der Waals surface area contributed by atoms with Crippen LogP contribution in [0.3, 0.4) is 0 Å². The van der Waals surface area contributed by atoms with Gasteiger partial charge in [-0.25, -0.2) is 14.4 Å². The van der Waals surface area contributed by atoms with Crippen molar-refractivity contribution in [1.82, 2.24) is 0 Å². The van der Waals surface area contributed by atoms with Crippen molar-refractivity contribution < 1.29 is 43.9 Å². The van der Waals surface area contributed by atoms with Gasteiger partial charge in [-0.3, -0.25) is 0 Å². The summed E-state index contributed by atoms with van der Waals surface area (Å²) in [6.45, 7) is 0.524. The number of carboxylic acids is 3. The molecule has 0 saturated heterocycles. The van der Waals surface area contributed by atoms with Crippen molar-refractivity contribution in [2.24, 2.45) is 0 Å². The van der Waals surface area contributed by atoms with Crippen molar-refractivity contribution in [2.75, 3.05) is 0 Å². The summed E-state index contributed by atoms with van der Waals surface area (Å²) >= 11 is 0. The number of carboxylic acid groups (broad SMARTS) is 3. The Morgan fingerprint density at radius 1 is 0.333 bits per heavy atom. The summed E-state index contributed by atoms with van der Waals surface area (Å²) in [5.41, 5.74) is 5.94. The number of aromatic carboxylic acids is 3. The van der Waals surface area contributed by atoms with Gasteiger partial charge in [0.25, 0.3) is 0 Å². The lowest BCUT2D eigenvalue weighted by Gasteiger charge is -2.16. The molecule has 282 valence electrons. The van der Waals surface area contributed by atoms with Crippen LogP contribution in [0.25, 0.3) is 33.4 Å². The summed E-state index contributed by atoms with van der Waals surface area (Å²) < 4.78 is 17.8. The van der Waals surface area contributed by atoms with Gasteiger partial charge >= 0.3 is 17.9 Å². The third kappa shape index (κ3) is 9.18. The second-order valence-electron chi connectivity index (χ2n) is 13.2. The molecule has 7 aromatic rings. The maximum absolute atomic E-state index is 12.5. The minimum atomic E-state index is -1.18. The highest BCUT2D eigenvalue weighted by atomic mass is 16.5. The van der Waals surface area contributed by atoms with Crippen molar-refractivity contribution in [3.8, 4) is 50.6 Å². The van der Waals surface area contributed by atoms with E-state index in [0.29, 0.717) is 33.4 Å². The van der Waals surface area contributed by atoms with Crippen molar-refractivity contribution in [1.29, 1.82) is 0 Å². The standard InChI is InChI=1S/C48H36O9/c49-46(50)40-25-34(16-19-43(40)55-28-31-10-4-1-5-11-31)37-22-38(35-17-20-44(41(26-35)47(51)52)56-29-32-12-6-2-7-13-32)24-39(23-37)36-18-21-45(42(27-36)48(53)54)57-30-33-14-8-3-9-15-33/h1-27H,28-30H2,(H,49,50)(H,51,52)(H,53,54). The zero-order valence-corrected chi connectivity index (χ0v) is 30.5. The molecule has 0 radical (unpaired) electrons. The fourth-order valence-corrected chi connectivity index (χ4v) is 6.34. The van der Waals surface area contributed by atoms with E-state index in [-0.39, 0.29) is 53.8 Å². The largest absolute Gasteiger partial charge is 0.488 e. The van der Waals surface area contributed by atoms with E-state index in [0.717, 1.165) is 16.7 Å². The topological polar surface area (TPSA) is 140 Å². The van der Waals surface area contributed by atoms with Gasteiger partial charge in [0.15, 0.2) is 0 Å². The minimum absolute atomic E-state index is 0.0449. The van der Waals surface area contributed by atoms with E-state index in [2.05, 4.69) is 0 Å². The third-order valence-electron chi connectivity index (χ3n) is 9.27. The predicted molar refractivity (Wildman–Crippen MR) is 216 cm³/mol.